The van der Waals surface area contributed by atoms with Gasteiger partial charge in [0, 0.05) is 18.7 Å². The number of halogens is 1. The number of rotatable bonds is 8. The summed E-state index contributed by atoms with van der Waals surface area (Å²) in [6, 6.07) is 0. The summed E-state index contributed by atoms with van der Waals surface area (Å²) < 4.78 is 5.24. The SMILES string of the molecule is CCCCCOCC(=O)NC(C)(C)CN.Cl. The predicted octanol–water partition coefficient (Wildman–Crippen LogP) is 1.47. The van der Waals surface area contributed by atoms with Gasteiger partial charge in [-0.25, -0.2) is 0 Å². The van der Waals surface area contributed by atoms with Crippen LogP contribution in [-0.4, -0.2) is 31.2 Å². The van der Waals surface area contributed by atoms with Crippen molar-refractivity contribution in [3.8, 4) is 0 Å². The fraction of sp³-hybridized carbons (Fsp3) is 0.909. The summed E-state index contributed by atoms with van der Waals surface area (Å²) >= 11 is 0. The van der Waals surface area contributed by atoms with Crippen molar-refractivity contribution in [1.29, 1.82) is 0 Å². The fourth-order valence-corrected chi connectivity index (χ4v) is 1.08. The average Bonchev–Trinajstić information content (AvgIpc) is 2.17. The van der Waals surface area contributed by atoms with Crippen LogP contribution < -0.4 is 11.1 Å². The Morgan fingerprint density at radius 3 is 2.50 bits per heavy atom. The van der Waals surface area contributed by atoms with Crippen molar-refractivity contribution in [3.05, 3.63) is 0 Å². The van der Waals surface area contributed by atoms with Gasteiger partial charge >= 0.3 is 0 Å². The number of hydrogen-bond acceptors (Lipinski definition) is 3. The number of nitrogens with one attached hydrogen (secondary N) is 1. The highest BCUT2D eigenvalue weighted by Crippen LogP contribution is 1.98. The van der Waals surface area contributed by atoms with Crippen molar-refractivity contribution in [2.24, 2.45) is 5.73 Å². The first-order chi connectivity index (χ1) is 7.02. The smallest absolute Gasteiger partial charge is 0.246 e. The Morgan fingerprint density at radius 1 is 1.38 bits per heavy atom. The summed E-state index contributed by atoms with van der Waals surface area (Å²) in [5.74, 6) is -0.0954. The van der Waals surface area contributed by atoms with Crippen molar-refractivity contribution in [2.75, 3.05) is 19.8 Å². The van der Waals surface area contributed by atoms with Crippen molar-refractivity contribution >= 4 is 18.3 Å². The van der Waals surface area contributed by atoms with Gasteiger partial charge in [0.15, 0.2) is 0 Å². The van der Waals surface area contributed by atoms with Gasteiger partial charge in [0.25, 0.3) is 0 Å². The Labute approximate surface area is 105 Å². The second-order valence-electron chi connectivity index (χ2n) is 4.40. The van der Waals surface area contributed by atoms with E-state index in [0.717, 1.165) is 19.3 Å². The zero-order chi connectivity index (χ0) is 11.7. The van der Waals surface area contributed by atoms with Gasteiger partial charge in [0.2, 0.25) is 5.91 Å². The Bertz CT molecular complexity index is 187. The average molecular weight is 253 g/mol. The van der Waals surface area contributed by atoms with Gasteiger partial charge in [0.05, 0.1) is 0 Å². The molecule has 0 radical (unpaired) electrons. The van der Waals surface area contributed by atoms with E-state index < -0.39 is 0 Å². The predicted molar refractivity (Wildman–Crippen MR) is 68.9 cm³/mol. The molecule has 0 atom stereocenters. The summed E-state index contributed by atoms with van der Waals surface area (Å²) in [4.78, 5) is 11.4. The highest BCUT2D eigenvalue weighted by Gasteiger charge is 2.17. The minimum absolute atomic E-state index is 0. The van der Waals surface area contributed by atoms with Gasteiger partial charge in [-0.1, -0.05) is 19.8 Å². The molecule has 1 amide bonds. The molecule has 98 valence electrons. The lowest BCUT2D eigenvalue weighted by Gasteiger charge is -2.24. The lowest BCUT2D eigenvalue weighted by atomic mass is 10.1. The standard InChI is InChI=1S/C11H24N2O2.ClH/c1-4-5-6-7-15-8-10(14)13-11(2,3)9-12;/h4-9,12H2,1-3H3,(H,13,14);1H. The van der Waals surface area contributed by atoms with Crippen LogP contribution in [0, 0.1) is 0 Å². The molecule has 0 aromatic rings. The molecular formula is C11H25ClN2O2. The number of carbonyl (C=O) groups excluding carboxylic acids is 1. The molecule has 0 heterocycles. The quantitative estimate of drug-likeness (QED) is 0.643. The second-order valence-corrected chi connectivity index (χ2v) is 4.40. The van der Waals surface area contributed by atoms with E-state index in [2.05, 4.69) is 12.2 Å². The zero-order valence-electron chi connectivity index (χ0n) is 10.5. The molecule has 5 heteroatoms. The molecule has 16 heavy (non-hydrogen) atoms. The van der Waals surface area contributed by atoms with E-state index in [-0.39, 0.29) is 30.5 Å². The summed E-state index contributed by atoms with van der Waals surface area (Å²) in [5, 5.41) is 2.81. The first-order valence-electron chi connectivity index (χ1n) is 5.60. The maximum atomic E-state index is 11.4. The van der Waals surface area contributed by atoms with Crippen molar-refractivity contribution < 1.29 is 9.53 Å². The molecule has 0 fully saturated rings. The lowest BCUT2D eigenvalue weighted by molar-refractivity contribution is -0.127. The Balaban J connectivity index is 0. The Hall–Kier alpha value is -0.320. The molecule has 0 saturated carbocycles. The van der Waals surface area contributed by atoms with Crippen LogP contribution in [0.25, 0.3) is 0 Å². The fourth-order valence-electron chi connectivity index (χ4n) is 1.08. The van der Waals surface area contributed by atoms with Crippen molar-refractivity contribution in [3.63, 3.8) is 0 Å². The lowest BCUT2D eigenvalue weighted by Crippen LogP contribution is -2.50. The number of carbonyl (C=O) groups is 1. The van der Waals surface area contributed by atoms with Gasteiger partial charge in [-0.15, -0.1) is 12.4 Å². The topological polar surface area (TPSA) is 64.3 Å². The molecule has 0 aromatic heterocycles. The minimum Gasteiger partial charge on any atom is -0.372 e. The Morgan fingerprint density at radius 2 is 2.00 bits per heavy atom. The monoisotopic (exact) mass is 252 g/mol. The van der Waals surface area contributed by atoms with E-state index in [1.165, 1.54) is 0 Å². The molecule has 0 aromatic carbocycles. The maximum absolute atomic E-state index is 11.4. The Kier molecular flexibility index (Phi) is 11.1. The summed E-state index contributed by atoms with van der Waals surface area (Å²) in [5.41, 5.74) is 5.15. The van der Waals surface area contributed by atoms with Crippen molar-refractivity contribution in [1.82, 2.24) is 5.32 Å². The van der Waals surface area contributed by atoms with Crippen LogP contribution in [0.3, 0.4) is 0 Å². The zero-order valence-corrected chi connectivity index (χ0v) is 11.4. The second kappa shape index (κ2) is 9.87. The molecule has 0 bridgehead atoms. The molecule has 3 N–H and O–H groups in total. The highest BCUT2D eigenvalue weighted by atomic mass is 35.5. The van der Waals surface area contributed by atoms with Crippen LogP contribution in [-0.2, 0) is 9.53 Å². The summed E-state index contributed by atoms with van der Waals surface area (Å²) in [7, 11) is 0. The minimum atomic E-state index is -0.343. The van der Waals surface area contributed by atoms with Crippen LogP contribution >= 0.6 is 12.4 Å². The van der Waals surface area contributed by atoms with Crippen LogP contribution in [0.1, 0.15) is 40.0 Å². The van der Waals surface area contributed by atoms with Crippen molar-refractivity contribution in [2.45, 2.75) is 45.6 Å². The number of ether oxygens (including phenoxy) is 1. The number of amides is 1. The molecule has 0 aliphatic heterocycles. The third-order valence-corrected chi connectivity index (χ3v) is 2.11. The first kappa shape index (κ1) is 18.1. The molecule has 0 saturated heterocycles. The van der Waals surface area contributed by atoms with Gasteiger partial charge in [-0.05, 0) is 20.3 Å². The van der Waals surface area contributed by atoms with Crippen LogP contribution in [0.15, 0.2) is 0 Å². The number of nitrogens with two attached hydrogens (primary N) is 1. The molecule has 0 aliphatic rings. The van der Waals surface area contributed by atoms with Crippen LogP contribution in [0.2, 0.25) is 0 Å². The van der Waals surface area contributed by atoms with Gasteiger partial charge in [-0.3, -0.25) is 4.79 Å². The van der Waals surface area contributed by atoms with E-state index in [9.17, 15) is 4.79 Å². The largest absolute Gasteiger partial charge is 0.372 e. The first-order valence-corrected chi connectivity index (χ1v) is 5.60. The third-order valence-electron chi connectivity index (χ3n) is 2.11. The molecule has 0 unspecified atom stereocenters. The van der Waals surface area contributed by atoms with E-state index in [1.807, 2.05) is 13.8 Å². The summed E-state index contributed by atoms with van der Waals surface area (Å²) in [6.45, 7) is 7.13. The molecular weight excluding hydrogens is 228 g/mol. The van der Waals surface area contributed by atoms with E-state index in [1.54, 1.807) is 0 Å². The molecule has 0 rings (SSSR count). The van der Waals surface area contributed by atoms with E-state index in [0.29, 0.717) is 13.2 Å². The van der Waals surface area contributed by atoms with Crippen LogP contribution in [0.5, 0.6) is 0 Å². The van der Waals surface area contributed by atoms with E-state index in [4.69, 9.17) is 10.5 Å². The van der Waals surface area contributed by atoms with Crippen LogP contribution in [0.4, 0.5) is 0 Å². The molecule has 4 nitrogen and oxygen atoms in total. The van der Waals surface area contributed by atoms with E-state index >= 15 is 0 Å². The normalized spacial score (nSPS) is 10.8. The number of unbranched alkanes of at least 4 members (excludes halogenated alkanes) is 2. The molecule has 0 spiro atoms. The van der Waals surface area contributed by atoms with Gasteiger partial charge in [0.1, 0.15) is 6.61 Å². The third kappa shape index (κ3) is 10.2. The maximum Gasteiger partial charge on any atom is 0.246 e. The van der Waals surface area contributed by atoms with Gasteiger partial charge in [-0.2, -0.15) is 0 Å². The molecule has 0 aliphatic carbocycles. The number of hydrogen-bond donors (Lipinski definition) is 2. The van der Waals surface area contributed by atoms with Gasteiger partial charge < -0.3 is 15.8 Å². The highest BCUT2D eigenvalue weighted by molar-refractivity contribution is 5.85. The summed E-state index contributed by atoms with van der Waals surface area (Å²) in [6.07, 6.45) is 3.33.